The van der Waals surface area contributed by atoms with Crippen molar-refractivity contribution in [3.8, 4) is 0 Å². The molecule has 4 heteroatoms. The molecule has 1 unspecified atom stereocenters. The van der Waals surface area contributed by atoms with E-state index in [-0.39, 0.29) is 11.9 Å². The van der Waals surface area contributed by atoms with Crippen molar-refractivity contribution < 1.29 is 4.79 Å². The highest BCUT2D eigenvalue weighted by atomic mass is 16.1. The highest BCUT2D eigenvalue weighted by molar-refractivity contribution is 5.97. The molecule has 1 aliphatic heterocycles. The third kappa shape index (κ3) is 2.17. The molecule has 0 aromatic heterocycles. The van der Waals surface area contributed by atoms with Crippen molar-refractivity contribution in [1.29, 1.82) is 0 Å². The molecule has 1 aromatic carbocycles. The number of anilines is 1. The fraction of sp³-hybridized carbons (Fsp3) is 0.417. The van der Waals surface area contributed by atoms with E-state index in [1.165, 1.54) is 0 Å². The SMILES string of the molecule is CN(C)CC1Cc2ccc(N)cc2C(=O)N1. The molecule has 86 valence electrons. The topological polar surface area (TPSA) is 58.4 Å². The summed E-state index contributed by atoms with van der Waals surface area (Å²) in [5.41, 5.74) is 8.12. The normalized spacial score (nSPS) is 19.4. The van der Waals surface area contributed by atoms with Crippen LogP contribution >= 0.6 is 0 Å². The molecule has 0 bridgehead atoms. The van der Waals surface area contributed by atoms with Crippen molar-refractivity contribution in [1.82, 2.24) is 10.2 Å². The Morgan fingerprint density at radius 1 is 1.50 bits per heavy atom. The maximum absolute atomic E-state index is 11.8. The minimum absolute atomic E-state index is 0.0135. The first-order chi connectivity index (χ1) is 7.56. The lowest BCUT2D eigenvalue weighted by molar-refractivity contribution is 0.0917. The summed E-state index contributed by atoms with van der Waals surface area (Å²) in [7, 11) is 4.01. The zero-order valence-electron chi connectivity index (χ0n) is 9.66. The summed E-state index contributed by atoms with van der Waals surface area (Å²) in [5.74, 6) is -0.0135. The van der Waals surface area contributed by atoms with Gasteiger partial charge in [0.15, 0.2) is 0 Å². The van der Waals surface area contributed by atoms with Crippen LogP contribution in [0.5, 0.6) is 0 Å². The number of rotatable bonds is 2. The molecule has 0 fully saturated rings. The van der Waals surface area contributed by atoms with E-state index in [2.05, 4.69) is 10.2 Å². The van der Waals surface area contributed by atoms with Gasteiger partial charge in [-0.2, -0.15) is 0 Å². The van der Waals surface area contributed by atoms with E-state index in [9.17, 15) is 4.79 Å². The second kappa shape index (κ2) is 4.14. The van der Waals surface area contributed by atoms with Crippen LogP contribution in [0.2, 0.25) is 0 Å². The number of likely N-dealkylation sites (N-methyl/N-ethyl adjacent to an activating group) is 1. The smallest absolute Gasteiger partial charge is 0.251 e. The highest BCUT2D eigenvalue weighted by Crippen LogP contribution is 2.19. The van der Waals surface area contributed by atoms with Crippen LogP contribution in [0.3, 0.4) is 0 Å². The van der Waals surface area contributed by atoms with Crippen molar-refractivity contribution >= 4 is 11.6 Å². The number of nitrogen functional groups attached to an aromatic ring is 1. The molecule has 0 radical (unpaired) electrons. The van der Waals surface area contributed by atoms with E-state index in [4.69, 9.17) is 5.73 Å². The molecule has 0 spiro atoms. The number of nitrogens with zero attached hydrogens (tertiary/aromatic N) is 1. The van der Waals surface area contributed by atoms with Crippen LogP contribution in [0.1, 0.15) is 15.9 Å². The molecular formula is C12H17N3O. The van der Waals surface area contributed by atoms with Crippen molar-refractivity contribution in [2.24, 2.45) is 0 Å². The summed E-state index contributed by atoms with van der Waals surface area (Å²) in [6.45, 7) is 0.857. The van der Waals surface area contributed by atoms with E-state index in [0.29, 0.717) is 5.69 Å². The van der Waals surface area contributed by atoms with Gasteiger partial charge in [-0.25, -0.2) is 0 Å². The minimum atomic E-state index is -0.0135. The van der Waals surface area contributed by atoms with Gasteiger partial charge >= 0.3 is 0 Å². The monoisotopic (exact) mass is 219 g/mol. The van der Waals surface area contributed by atoms with Crippen LogP contribution in [-0.4, -0.2) is 37.5 Å². The quantitative estimate of drug-likeness (QED) is 0.711. The molecular weight excluding hydrogens is 202 g/mol. The predicted octanol–water partition coefficient (Wildman–Crippen LogP) is 0.485. The molecule has 4 nitrogen and oxygen atoms in total. The maximum atomic E-state index is 11.8. The molecule has 3 N–H and O–H groups in total. The summed E-state index contributed by atoms with van der Waals surface area (Å²) in [4.78, 5) is 13.9. The molecule has 1 atom stereocenters. The average molecular weight is 219 g/mol. The van der Waals surface area contributed by atoms with Gasteiger partial charge in [0.2, 0.25) is 0 Å². The number of carbonyl (C=O) groups excluding carboxylic acids is 1. The Bertz CT molecular complexity index is 415. The molecule has 1 aliphatic rings. The zero-order chi connectivity index (χ0) is 11.7. The number of fused-ring (bicyclic) bond motifs is 1. The van der Waals surface area contributed by atoms with Crippen molar-refractivity contribution in [3.05, 3.63) is 29.3 Å². The second-order valence-corrected chi connectivity index (χ2v) is 4.55. The lowest BCUT2D eigenvalue weighted by Gasteiger charge is -2.28. The molecule has 0 saturated carbocycles. The first-order valence-corrected chi connectivity index (χ1v) is 5.40. The Kier molecular flexibility index (Phi) is 2.83. The first-order valence-electron chi connectivity index (χ1n) is 5.40. The highest BCUT2D eigenvalue weighted by Gasteiger charge is 2.24. The van der Waals surface area contributed by atoms with Crippen molar-refractivity contribution in [3.63, 3.8) is 0 Å². The van der Waals surface area contributed by atoms with Gasteiger partial charge in [0.1, 0.15) is 0 Å². The number of nitrogens with two attached hydrogens (primary N) is 1. The maximum Gasteiger partial charge on any atom is 0.251 e. The van der Waals surface area contributed by atoms with Crippen LogP contribution in [-0.2, 0) is 6.42 Å². The number of carbonyl (C=O) groups is 1. The molecule has 1 amide bonds. The van der Waals surface area contributed by atoms with E-state index in [1.807, 2.05) is 26.2 Å². The largest absolute Gasteiger partial charge is 0.399 e. The van der Waals surface area contributed by atoms with Gasteiger partial charge in [-0.05, 0) is 38.2 Å². The van der Waals surface area contributed by atoms with Gasteiger partial charge in [0.05, 0.1) is 0 Å². The average Bonchev–Trinajstić information content (AvgIpc) is 2.18. The van der Waals surface area contributed by atoms with Gasteiger partial charge < -0.3 is 16.0 Å². The summed E-state index contributed by atoms with van der Waals surface area (Å²) in [6.07, 6.45) is 0.875. The Morgan fingerprint density at radius 2 is 2.25 bits per heavy atom. The summed E-state index contributed by atoms with van der Waals surface area (Å²) < 4.78 is 0. The number of amides is 1. The van der Waals surface area contributed by atoms with E-state index in [1.54, 1.807) is 6.07 Å². The van der Waals surface area contributed by atoms with Gasteiger partial charge in [-0.1, -0.05) is 6.07 Å². The summed E-state index contributed by atoms with van der Waals surface area (Å²) in [5, 5.41) is 2.99. The Balaban J connectivity index is 2.23. The molecule has 2 rings (SSSR count). The number of hydrogen-bond acceptors (Lipinski definition) is 3. The third-order valence-electron chi connectivity index (χ3n) is 2.77. The standard InChI is InChI=1S/C12H17N3O/c1-15(2)7-10-5-8-3-4-9(13)6-11(8)12(16)14-10/h3-4,6,10H,5,7,13H2,1-2H3,(H,14,16). The summed E-state index contributed by atoms with van der Waals surface area (Å²) >= 11 is 0. The fourth-order valence-corrected chi connectivity index (χ4v) is 2.11. The third-order valence-corrected chi connectivity index (χ3v) is 2.77. The Hall–Kier alpha value is -1.55. The fourth-order valence-electron chi connectivity index (χ4n) is 2.11. The van der Waals surface area contributed by atoms with E-state index < -0.39 is 0 Å². The van der Waals surface area contributed by atoms with Crippen LogP contribution in [0.4, 0.5) is 5.69 Å². The Labute approximate surface area is 95.4 Å². The van der Waals surface area contributed by atoms with Crippen LogP contribution < -0.4 is 11.1 Å². The van der Waals surface area contributed by atoms with Crippen LogP contribution in [0, 0.1) is 0 Å². The molecule has 1 heterocycles. The van der Waals surface area contributed by atoms with Gasteiger partial charge in [0, 0.05) is 23.8 Å². The minimum Gasteiger partial charge on any atom is -0.399 e. The lowest BCUT2D eigenvalue weighted by atomic mass is 9.94. The first kappa shape index (κ1) is 11.0. The number of nitrogens with one attached hydrogen (secondary N) is 1. The van der Waals surface area contributed by atoms with E-state index in [0.717, 1.165) is 24.1 Å². The second-order valence-electron chi connectivity index (χ2n) is 4.55. The van der Waals surface area contributed by atoms with E-state index >= 15 is 0 Å². The zero-order valence-corrected chi connectivity index (χ0v) is 9.66. The Morgan fingerprint density at radius 3 is 2.94 bits per heavy atom. The lowest BCUT2D eigenvalue weighted by Crippen LogP contribution is -2.46. The number of benzene rings is 1. The predicted molar refractivity (Wildman–Crippen MR) is 64.4 cm³/mol. The molecule has 0 aliphatic carbocycles. The molecule has 1 aromatic rings. The van der Waals surface area contributed by atoms with Crippen molar-refractivity contribution in [2.75, 3.05) is 26.4 Å². The van der Waals surface area contributed by atoms with Gasteiger partial charge in [-0.3, -0.25) is 4.79 Å². The van der Waals surface area contributed by atoms with Gasteiger partial charge in [-0.15, -0.1) is 0 Å². The number of hydrogen-bond donors (Lipinski definition) is 2. The van der Waals surface area contributed by atoms with Gasteiger partial charge in [0.25, 0.3) is 5.91 Å². The van der Waals surface area contributed by atoms with Crippen LogP contribution in [0.15, 0.2) is 18.2 Å². The van der Waals surface area contributed by atoms with Crippen LogP contribution in [0.25, 0.3) is 0 Å². The molecule has 16 heavy (non-hydrogen) atoms. The molecule has 0 saturated heterocycles. The van der Waals surface area contributed by atoms with Crippen molar-refractivity contribution in [2.45, 2.75) is 12.5 Å². The summed E-state index contributed by atoms with van der Waals surface area (Å²) in [6, 6.07) is 5.74.